The van der Waals surface area contributed by atoms with Crippen molar-refractivity contribution in [3.63, 3.8) is 0 Å². The Morgan fingerprint density at radius 2 is 2.47 bits per heavy atom. The molecule has 1 aromatic heterocycles. The zero-order valence-corrected chi connectivity index (χ0v) is 12.4. The van der Waals surface area contributed by atoms with Crippen LogP contribution in [0.1, 0.15) is 12.6 Å². The fraction of sp³-hybridized carbons (Fsp3) is 0.600. The molecule has 0 aromatic carbocycles. The minimum absolute atomic E-state index is 0.145. The molecule has 0 saturated carbocycles. The van der Waals surface area contributed by atoms with Gasteiger partial charge in [-0.3, -0.25) is 4.68 Å². The van der Waals surface area contributed by atoms with E-state index < -0.39 is 0 Å². The number of nitrogens with one attached hydrogen (secondary N) is 1. The Bertz CT molecular complexity index is 390. The molecule has 3 N–H and O–H groups in total. The molecule has 1 heterocycles. The van der Waals surface area contributed by atoms with Gasteiger partial charge in [0.05, 0.1) is 22.4 Å². The number of methoxy groups -OCH3 is 1. The SMILES string of the molecule is COCC(C)NC(N)=NCc1nn(C)cc1I. The Balaban J connectivity index is 2.50. The predicted octanol–water partition coefficient (Wildman–Crippen LogP) is 0.464. The lowest BCUT2D eigenvalue weighted by molar-refractivity contribution is 0.179. The van der Waals surface area contributed by atoms with Crippen LogP contribution in [-0.2, 0) is 18.3 Å². The molecule has 0 saturated heterocycles. The van der Waals surface area contributed by atoms with Crippen molar-refractivity contribution in [1.82, 2.24) is 15.1 Å². The maximum atomic E-state index is 5.76. The minimum atomic E-state index is 0.145. The van der Waals surface area contributed by atoms with Gasteiger partial charge in [-0.15, -0.1) is 0 Å². The summed E-state index contributed by atoms with van der Waals surface area (Å²) in [5, 5.41) is 7.33. The molecule has 0 spiro atoms. The number of hydrogen-bond donors (Lipinski definition) is 2. The number of nitrogens with zero attached hydrogens (tertiary/aromatic N) is 3. The molecule has 0 fully saturated rings. The molecule has 7 heteroatoms. The highest BCUT2D eigenvalue weighted by atomic mass is 127. The molecule has 1 aromatic rings. The first-order chi connectivity index (χ1) is 8.02. The Labute approximate surface area is 115 Å². The van der Waals surface area contributed by atoms with Crippen LogP contribution in [0.15, 0.2) is 11.2 Å². The number of ether oxygens (including phenoxy) is 1. The van der Waals surface area contributed by atoms with Crippen molar-refractivity contribution in [1.29, 1.82) is 0 Å². The van der Waals surface area contributed by atoms with Gasteiger partial charge in [-0.05, 0) is 29.5 Å². The van der Waals surface area contributed by atoms with Gasteiger partial charge in [-0.2, -0.15) is 5.10 Å². The quantitative estimate of drug-likeness (QED) is 0.459. The van der Waals surface area contributed by atoms with Gasteiger partial charge in [-0.25, -0.2) is 4.99 Å². The minimum Gasteiger partial charge on any atom is -0.383 e. The van der Waals surface area contributed by atoms with Crippen molar-refractivity contribution in [3.05, 3.63) is 15.5 Å². The summed E-state index contributed by atoms with van der Waals surface area (Å²) in [6, 6.07) is 0.145. The van der Waals surface area contributed by atoms with E-state index in [4.69, 9.17) is 10.5 Å². The summed E-state index contributed by atoms with van der Waals surface area (Å²) in [6.07, 6.45) is 1.95. The summed E-state index contributed by atoms with van der Waals surface area (Å²) in [7, 11) is 3.54. The molecule has 0 amide bonds. The van der Waals surface area contributed by atoms with Crippen LogP contribution in [0, 0.1) is 3.57 Å². The Kier molecular flexibility index (Phi) is 5.69. The van der Waals surface area contributed by atoms with Crippen LogP contribution >= 0.6 is 22.6 Å². The number of aliphatic imine (C=N–C) groups is 1. The fourth-order valence-corrected chi connectivity index (χ4v) is 2.04. The lowest BCUT2D eigenvalue weighted by Gasteiger charge is -2.12. The maximum Gasteiger partial charge on any atom is 0.189 e. The molecule has 0 aliphatic heterocycles. The smallest absolute Gasteiger partial charge is 0.189 e. The Morgan fingerprint density at radius 3 is 3.00 bits per heavy atom. The number of hydrogen-bond acceptors (Lipinski definition) is 3. The van der Waals surface area contributed by atoms with Gasteiger partial charge in [0.25, 0.3) is 0 Å². The molecule has 0 bridgehead atoms. The van der Waals surface area contributed by atoms with Crippen molar-refractivity contribution < 1.29 is 4.74 Å². The average molecular weight is 351 g/mol. The van der Waals surface area contributed by atoms with Crippen molar-refractivity contribution in [2.45, 2.75) is 19.5 Å². The van der Waals surface area contributed by atoms with E-state index in [-0.39, 0.29) is 6.04 Å². The number of rotatable bonds is 5. The second-order valence-corrected chi connectivity index (χ2v) is 4.96. The molecule has 0 aliphatic carbocycles. The van der Waals surface area contributed by atoms with E-state index in [9.17, 15) is 0 Å². The van der Waals surface area contributed by atoms with Gasteiger partial charge >= 0.3 is 0 Å². The summed E-state index contributed by atoms with van der Waals surface area (Å²) in [6.45, 7) is 3.06. The first-order valence-electron chi connectivity index (χ1n) is 5.26. The van der Waals surface area contributed by atoms with E-state index >= 15 is 0 Å². The zero-order valence-electron chi connectivity index (χ0n) is 10.3. The number of aromatic nitrogens is 2. The highest BCUT2D eigenvalue weighted by molar-refractivity contribution is 14.1. The summed E-state index contributed by atoms with van der Waals surface area (Å²) >= 11 is 2.23. The fourth-order valence-electron chi connectivity index (χ4n) is 1.36. The van der Waals surface area contributed by atoms with E-state index in [0.29, 0.717) is 19.1 Å². The third-order valence-corrected chi connectivity index (χ3v) is 2.97. The van der Waals surface area contributed by atoms with Crippen LogP contribution in [0.25, 0.3) is 0 Å². The van der Waals surface area contributed by atoms with Crippen LogP contribution in [0.2, 0.25) is 0 Å². The second-order valence-electron chi connectivity index (χ2n) is 3.80. The molecule has 1 unspecified atom stereocenters. The number of guanidine groups is 1. The molecule has 1 rings (SSSR count). The normalized spacial score (nSPS) is 13.8. The standard InChI is InChI=1S/C10H18IN5O/c1-7(6-17-3)14-10(12)13-4-9-8(11)5-16(2)15-9/h5,7H,4,6H2,1-3H3,(H3,12,13,14). The molecule has 1 atom stereocenters. The molecule has 0 radical (unpaired) electrons. The van der Waals surface area contributed by atoms with E-state index in [0.717, 1.165) is 9.26 Å². The monoisotopic (exact) mass is 351 g/mol. The molecule has 17 heavy (non-hydrogen) atoms. The summed E-state index contributed by atoms with van der Waals surface area (Å²) in [5.74, 6) is 0.413. The predicted molar refractivity (Wildman–Crippen MR) is 75.7 cm³/mol. The van der Waals surface area contributed by atoms with Gasteiger partial charge in [0.2, 0.25) is 0 Å². The van der Waals surface area contributed by atoms with Crippen molar-refractivity contribution in [2.75, 3.05) is 13.7 Å². The van der Waals surface area contributed by atoms with Crippen molar-refractivity contribution >= 4 is 28.6 Å². The van der Waals surface area contributed by atoms with Crippen LogP contribution in [0.5, 0.6) is 0 Å². The first kappa shape index (κ1) is 14.2. The summed E-state index contributed by atoms with van der Waals surface area (Å²) in [4.78, 5) is 4.24. The van der Waals surface area contributed by atoms with E-state index in [1.165, 1.54) is 0 Å². The van der Waals surface area contributed by atoms with Gasteiger partial charge in [-0.1, -0.05) is 0 Å². The molecule has 96 valence electrons. The van der Waals surface area contributed by atoms with Crippen LogP contribution in [0.3, 0.4) is 0 Å². The van der Waals surface area contributed by atoms with E-state index in [1.807, 2.05) is 20.2 Å². The Morgan fingerprint density at radius 1 is 1.76 bits per heavy atom. The number of aryl methyl sites for hydroxylation is 1. The largest absolute Gasteiger partial charge is 0.383 e. The molecule has 6 nitrogen and oxygen atoms in total. The topological polar surface area (TPSA) is 77.5 Å². The van der Waals surface area contributed by atoms with E-state index in [2.05, 4.69) is 38.0 Å². The second kappa shape index (κ2) is 6.80. The molecular formula is C10H18IN5O. The highest BCUT2D eigenvalue weighted by Gasteiger charge is 2.05. The van der Waals surface area contributed by atoms with Crippen LogP contribution in [0.4, 0.5) is 0 Å². The van der Waals surface area contributed by atoms with Gasteiger partial charge < -0.3 is 15.8 Å². The number of halogens is 1. The van der Waals surface area contributed by atoms with Gasteiger partial charge in [0.15, 0.2) is 5.96 Å². The maximum absolute atomic E-state index is 5.76. The summed E-state index contributed by atoms with van der Waals surface area (Å²) < 4.78 is 7.86. The lowest BCUT2D eigenvalue weighted by Crippen LogP contribution is -2.40. The third-order valence-electron chi connectivity index (χ3n) is 2.06. The highest BCUT2D eigenvalue weighted by Crippen LogP contribution is 2.09. The van der Waals surface area contributed by atoms with Crippen molar-refractivity contribution in [3.8, 4) is 0 Å². The average Bonchev–Trinajstić information content (AvgIpc) is 2.54. The summed E-state index contributed by atoms with van der Waals surface area (Å²) in [5.41, 5.74) is 6.68. The van der Waals surface area contributed by atoms with Crippen molar-refractivity contribution in [2.24, 2.45) is 17.8 Å². The van der Waals surface area contributed by atoms with Crippen LogP contribution in [-0.4, -0.2) is 35.5 Å². The molecular weight excluding hydrogens is 333 g/mol. The number of nitrogens with two attached hydrogens (primary N) is 1. The zero-order chi connectivity index (χ0) is 12.8. The van der Waals surface area contributed by atoms with E-state index in [1.54, 1.807) is 11.8 Å². The van der Waals surface area contributed by atoms with Gasteiger partial charge in [0.1, 0.15) is 0 Å². The van der Waals surface area contributed by atoms with Gasteiger partial charge in [0, 0.05) is 26.4 Å². The Hall–Kier alpha value is -0.830. The first-order valence-corrected chi connectivity index (χ1v) is 6.34. The third kappa shape index (κ3) is 4.90. The van der Waals surface area contributed by atoms with Crippen LogP contribution < -0.4 is 11.1 Å². The molecule has 0 aliphatic rings. The lowest BCUT2D eigenvalue weighted by atomic mass is 10.4.